The van der Waals surface area contributed by atoms with Crippen LogP contribution in [-0.2, 0) is 9.59 Å². The SMILES string of the molecule is COc1cccc(C(=O)NCC(=O)N/N=C/c2ccccc2OCC(=O)O)c1. The standard InChI is InChI=1S/C19H19N3O6/c1-27-15-7-4-6-13(9-15)19(26)20-11-17(23)22-21-10-14-5-2-3-8-16(14)28-12-18(24)25/h2-10H,11-12H2,1H3,(H,20,26)(H,22,23)(H,24,25)/b21-10+. The highest BCUT2D eigenvalue weighted by Gasteiger charge is 2.09. The Morgan fingerprint density at radius 3 is 2.68 bits per heavy atom. The first-order valence-electron chi connectivity index (χ1n) is 8.17. The Labute approximate surface area is 161 Å². The topological polar surface area (TPSA) is 126 Å². The van der Waals surface area contributed by atoms with Crippen molar-refractivity contribution in [2.75, 3.05) is 20.3 Å². The third kappa shape index (κ3) is 6.45. The zero-order chi connectivity index (χ0) is 20.4. The molecular formula is C19H19N3O6. The maximum Gasteiger partial charge on any atom is 0.341 e. The fourth-order valence-electron chi connectivity index (χ4n) is 2.10. The fourth-order valence-corrected chi connectivity index (χ4v) is 2.10. The average Bonchev–Trinajstić information content (AvgIpc) is 2.71. The van der Waals surface area contributed by atoms with Crippen molar-refractivity contribution in [1.29, 1.82) is 0 Å². The second-order valence-electron chi connectivity index (χ2n) is 5.43. The van der Waals surface area contributed by atoms with Crippen molar-refractivity contribution < 1.29 is 29.0 Å². The number of carbonyl (C=O) groups is 3. The highest BCUT2D eigenvalue weighted by atomic mass is 16.5. The molecule has 0 unspecified atom stereocenters. The van der Waals surface area contributed by atoms with Crippen LogP contribution < -0.4 is 20.2 Å². The third-order valence-corrected chi connectivity index (χ3v) is 3.40. The number of methoxy groups -OCH3 is 1. The lowest BCUT2D eigenvalue weighted by atomic mass is 10.2. The van der Waals surface area contributed by atoms with E-state index < -0.39 is 24.4 Å². The van der Waals surface area contributed by atoms with E-state index in [0.29, 0.717) is 22.6 Å². The highest BCUT2D eigenvalue weighted by Crippen LogP contribution is 2.15. The maximum absolute atomic E-state index is 12.0. The number of para-hydroxylation sites is 1. The van der Waals surface area contributed by atoms with Gasteiger partial charge in [-0.1, -0.05) is 18.2 Å². The van der Waals surface area contributed by atoms with Crippen molar-refractivity contribution in [2.45, 2.75) is 0 Å². The molecule has 0 fully saturated rings. The highest BCUT2D eigenvalue weighted by molar-refractivity contribution is 5.96. The number of hydrazone groups is 1. The Kier molecular flexibility index (Phi) is 7.53. The van der Waals surface area contributed by atoms with Crippen LogP contribution in [0.15, 0.2) is 53.6 Å². The van der Waals surface area contributed by atoms with Gasteiger partial charge in [0.1, 0.15) is 11.5 Å². The molecule has 0 atom stereocenters. The van der Waals surface area contributed by atoms with Crippen molar-refractivity contribution in [2.24, 2.45) is 5.10 Å². The summed E-state index contributed by atoms with van der Waals surface area (Å²) in [7, 11) is 1.49. The number of carboxylic acids is 1. The van der Waals surface area contributed by atoms with Gasteiger partial charge in [0.25, 0.3) is 11.8 Å². The van der Waals surface area contributed by atoms with Crippen LogP contribution in [0.4, 0.5) is 0 Å². The van der Waals surface area contributed by atoms with Gasteiger partial charge in [0.15, 0.2) is 6.61 Å². The molecule has 2 aromatic carbocycles. The Bertz CT molecular complexity index is 881. The second-order valence-corrected chi connectivity index (χ2v) is 5.43. The number of benzene rings is 2. The molecule has 0 saturated carbocycles. The molecule has 3 N–H and O–H groups in total. The summed E-state index contributed by atoms with van der Waals surface area (Å²) in [6.45, 7) is -0.766. The average molecular weight is 385 g/mol. The lowest BCUT2D eigenvalue weighted by molar-refractivity contribution is -0.139. The van der Waals surface area contributed by atoms with Gasteiger partial charge in [-0.15, -0.1) is 0 Å². The number of ether oxygens (including phenoxy) is 2. The molecule has 0 heterocycles. The summed E-state index contributed by atoms with van der Waals surface area (Å²) in [5.41, 5.74) is 3.12. The molecule has 0 bridgehead atoms. The van der Waals surface area contributed by atoms with Gasteiger partial charge in [0, 0.05) is 11.1 Å². The summed E-state index contributed by atoms with van der Waals surface area (Å²) in [6.07, 6.45) is 1.32. The first kappa shape index (κ1) is 20.4. The molecule has 0 aliphatic rings. The van der Waals surface area contributed by atoms with Crippen LogP contribution in [-0.4, -0.2) is 49.4 Å². The molecule has 0 aliphatic carbocycles. The first-order chi connectivity index (χ1) is 13.5. The summed E-state index contributed by atoms with van der Waals surface area (Å²) in [6, 6.07) is 13.2. The molecule has 0 spiro atoms. The predicted octanol–water partition coefficient (Wildman–Crippen LogP) is 1.04. The lowest BCUT2D eigenvalue weighted by Gasteiger charge is -2.07. The molecule has 0 radical (unpaired) electrons. The van der Waals surface area contributed by atoms with Gasteiger partial charge in [-0.05, 0) is 30.3 Å². The Morgan fingerprint density at radius 1 is 1.14 bits per heavy atom. The molecule has 9 heteroatoms. The third-order valence-electron chi connectivity index (χ3n) is 3.40. The van der Waals surface area contributed by atoms with Crippen LogP contribution in [0.3, 0.4) is 0 Å². The van der Waals surface area contributed by atoms with Gasteiger partial charge in [-0.2, -0.15) is 5.10 Å². The number of rotatable bonds is 9. The van der Waals surface area contributed by atoms with E-state index in [0.717, 1.165) is 0 Å². The van der Waals surface area contributed by atoms with E-state index in [2.05, 4.69) is 15.8 Å². The summed E-state index contributed by atoms with van der Waals surface area (Å²) >= 11 is 0. The normalized spacial score (nSPS) is 10.3. The Balaban J connectivity index is 1.85. The van der Waals surface area contributed by atoms with Crippen LogP contribution in [0.25, 0.3) is 0 Å². The Morgan fingerprint density at radius 2 is 1.93 bits per heavy atom. The number of amides is 2. The molecule has 9 nitrogen and oxygen atoms in total. The van der Waals surface area contributed by atoms with Gasteiger partial charge < -0.3 is 19.9 Å². The quantitative estimate of drug-likeness (QED) is 0.437. The zero-order valence-corrected chi connectivity index (χ0v) is 15.0. The maximum atomic E-state index is 12.0. The second kappa shape index (κ2) is 10.3. The first-order valence-corrected chi connectivity index (χ1v) is 8.17. The van der Waals surface area contributed by atoms with Gasteiger partial charge in [0.05, 0.1) is 19.9 Å². The number of hydrogen-bond acceptors (Lipinski definition) is 6. The molecular weight excluding hydrogens is 366 g/mol. The smallest absolute Gasteiger partial charge is 0.341 e. The molecule has 28 heavy (non-hydrogen) atoms. The number of aliphatic carboxylic acids is 1. The molecule has 0 aliphatic heterocycles. The number of carbonyl (C=O) groups excluding carboxylic acids is 2. The van der Waals surface area contributed by atoms with E-state index in [1.54, 1.807) is 48.5 Å². The lowest BCUT2D eigenvalue weighted by Crippen LogP contribution is -2.34. The van der Waals surface area contributed by atoms with Crippen molar-refractivity contribution in [1.82, 2.24) is 10.7 Å². The van der Waals surface area contributed by atoms with Crippen LogP contribution in [0.5, 0.6) is 11.5 Å². The molecule has 2 aromatic rings. The number of nitrogens with zero attached hydrogens (tertiary/aromatic N) is 1. The van der Waals surface area contributed by atoms with E-state index in [1.807, 2.05) is 0 Å². The van der Waals surface area contributed by atoms with Crippen LogP contribution in [0.1, 0.15) is 15.9 Å². The minimum atomic E-state index is -1.10. The molecule has 146 valence electrons. The van der Waals surface area contributed by atoms with Gasteiger partial charge in [-0.25, -0.2) is 10.2 Å². The van der Waals surface area contributed by atoms with Crippen LogP contribution in [0, 0.1) is 0 Å². The summed E-state index contributed by atoms with van der Waals surface area (Å²) < 4.78 is 10.2. The summed E-state index contributed by atoms with van der Waals surface area (Å²) in [5.74, 6) is -1.21. The minimum absolute atomic E-state index is 0.273. The zero-order valence-electron chi connectivity index (χ0n) is 15.0. The monoisotopic (exact) mass is 385 g/mol. The molecule has 0 aromatic heterocycles. The molecule has 2 rings (SSSR count). The van der Waals surface area contributed by atoms with E-state index in [1.165, 1.54) is 13.3 Å². The van der Waals surface area contributed by atoms with E-state index in [4.69, 9.17) is 14.6 Å². The van der Waals surface area contributed by atoms with E-state index >= 15 is 0 Å². The number of nitrogens with one attached hydrogen (secondary N) is 2. The van der Waals surface area contributed by atoms with Gasteiger partial charge >= 0.3 is 5.97 Å². The number of hydrogen-bond donors (Lipinski definition) is 3. The van der Waals surface area contributed by atoms with Crippen molar-refractivity contribution >= 4 is 24.0 Å². The Hall–Kier alpha value is -3.88. The fraction of sp³-hybridized carbons (Fsp3) is 0.158. The van der Waals surface area contributed by atoms with Gasteiger partial charge in [0.2, 0.25) is 0 Å². The van der Waals surface area contributed by atoms with Gasteiger partial charge in [-0.3, -0.25) is 9.59 Å². The van der Waals surface area contributed by atoms with Crippen LogP contribution >= 0.6 is 0 Å². The van der Waals surface area contributed by atoms with Crippen LogP contribution in [0.2, 0.25) is 0 Å². The minimum Gasteiger partial charge on any atom is -0.497 e. The summed E-state index contributed by atoms with van der Waals surface area (Å²) in [5, 5.41) is 14.9. The predicted molar refractivity (Wildman–Crippen MR) is 101 cm³/mol. The molecule has 0 saturated heterocycles. The van der Waals surface area contributed by atoms with Crippen molar-refractivity contribution in [3.63, 3.8) is 0 Å². The molecule has 2 amide bonds. The van der Waals surface area contributed by atoms with E-state index in [9.17, 15) is 14.4 Å². The largest absolute Gasteiger partial charge is 0.497 e. The van der Waals surface area contributed by atoms with Crippen molar-refractivity contribution in [3.8, 4) is 11.5 Å². The summed E-state index contributed by atoms with van der Waals surface area (Å²) in [4.78, 5) is 34.4. The van der Waals surface area contributed by atoms with E-state index in [-0.39, 0.29) is 6.54 Å². The van der Waals surface area contributed by atoms with Crippen molar-refractivity contribution in [3.05, 3.63) is 59.7 Å². The number of carboxylic acid groups (broad SMARTS) is 1.